The van der Waals surface area contributed by atoms with E-state index in [1.54, 1.807) is 18.1 Å². The van der Waals surface area contributed by atoms with E-state index < -0.39 is 11.9 Å². The highest BCUT2D eigenvalue weighted by Gasteiger charge is 2.49. The molecule has 0 saturated carbocycles. The molecule has 8 heteroatoms. The highest BCUT2D eigenvalue weighted by molar-refractivity contribution is 9.10. The van der Waals surface area contributed by atoms with Crippen LogP contribution >= 0.6 is 15.9 Å². The minimum Gasteiger partial charge on any atom is -0.493 e. The van der Waals surface area contributed by atoms with E-state index in [0.29, 0.717) is 72.8 Å². The van der Waals surface area contributed by atoms with Crippen molar-refractivity contribution in [3.63, 3.8) is 0 Å². The molecule has 2 aromatic carbocycles. The highest BCUT2D eigenvalue weighted by Crippen LogP contribution is 2.55. The Morgan fingerprint density at radius 2 is 1.57 bits per heavy atom. The van der Waals surface area contributed by atoms with Crippen molar-refractivity contribution < 1.29 is 29.0 Å². The zero-order valence-corrected chi connectivity index (χ0v) is 27.7. The van der Waals surface area contributed by atoms with E-state index in [1.165, 1.54) is 0 Å². The predicted octanol–water partition coefficient (Wildman–Crippen LogP) is 7.54. The molecule has 44 heavy (non-hydrogen) atoms. The molecular formula is C36H40BrNO6. The van der Waals surface area contributed by atoms with Gasteiger partial charge in [0, 0.05) is 51.3 Å². The number of rotatable bonds is 9. The van der Waals surface area contributed by atoms with Gasteiger partial charge in [-0.2, -0.15) is 0 Å². The van der Waals surface area contributed by atoms with Crippen LogP contribution in [-0.4, -0.2) is 41.2 Å². The van der Waals surface area contributed by atoms with Crippen molar-refractivity contribution in [3.05, 3.63) is 92.8 Å². The number of hydrogen-bond acceptors (Lipinski definition) is 6. The smallest absolute Gasteiger partial charge is 0.323 e. The average molecular weight is 663 g/mol. The standard InChI is InChI=1S/C36H40BrNO6/c1-7-8-22-13-23(14-29(43-6)34(22)44-20-21-9-11-24(37)12-10-21)31-32-25(15-35(2,3)17-27(32)39)38(19-30(41)42)26-16-36(4,5)18-28(40)33(26)31/h7,9-14,31H,1,8,15-20H2,2-6H3,(H,41,42). The van der Waals surface area contributed by atoms with Crippen LogP contribution in [0.4, 0.5) is 0 Å². The Hall–Kier alpha value is -3.65. The molecule has 2 aliphatic carbocycles. The molecule has 0 amide bonds. The van der Waals surface area contributed by atoms with Crippen LogP contribution < -0.4 is 9.47 Å². The van der Waals surface area contributed by atoms with Crippen molar-refractivity contribution in [2.75, 3.05) is 13.7 Å². The van der Waals surface area contributed by atoms with Crippen LogP contribution in [0, 0.1) is 10.8 Å². The van der Waals surface area contributed by atoms with Crippen LogP contribution in [0.5, 0.6) is 11.5 Å². The summed E-state index contributed by atoms with van der Waals surface area (Å²) >= 11 is 3.47. The van der Waals surface area contributed by atoms with E-state index in [9.17, 15) is 19.5 Å². The van der Waals surface area contributed by atoms with Gasteiger partial charge in [0.1, 0.15) is 13.2 Å². The number of carboxylic acids is 1. The van der Waals surface area contributed by atoms with Gasteiger partial charge in [-0.05, 0) is 59.4 Å². The van der Waals surface area contributed by atoms with E-state index in [1.807, 2.05) is 64.1 Å². The number of allylic oxidation sites excluding steroid dienone is 5. The minimum atomic E-state index is -1.00. The number of methoxy groups -OCH3 is 1. The number of carboxylic acid groups (broad SMARTS) is 1. The highest BCUT2D eigenvalue weighted by atomic mass is 79.9. The zero-order chi connectivity index (χ0) is 32.0. The maximum Gasteiger partial charge on any atom is 0.323 e. The molecule has 232 valence electrons. The van der Waals surface area contributed by atoms with Gasteiger partial charge >= 0.3 is 5.97 Å². The number of ketones is 2. The molecule has 0 aromatic heterocycles. The number of nitrogens with zero attached hydrogens (tertiary/aromatic N) is 1. The number of carbonyl (C=O) groups excluding carboxylic acids is 2. The zero-order valence-electron chi connectivity index (χ0n) is 26.1. The second-order valence-corrected chi connectivity index (χ2v) is 14.6. The van der Waals surface area contributed by atoms with E-state index in [4.69, 9.17) is 9.47 Å². The molecule has 0 fully saturated rings. The molecule has 1 aliphatic heterocycles. The lowest BCUT2D eigenvalue weighted by molar-refractivity contribution is -0.138. The van der Waals surface area contributed by atoms with Crippen molar-refractivity contribution >= 4 is 33.5 Å². The average Bonchev–Trinajstić information content (AvgIpc) is 2.92. The molecule has 5 rings (SSSR count). The Balaban J connectivity index is 1.71. The first kappa shape index (κ1) is 31.8. The summed E-state index contributed by atoms with van der Waals surface area (Å²) in [6, 6.07) is 11.8. The van der Waals surface area contributed by atoms with Crippen molar-refractivity contribution in [2.45, 2.75) is 72.3 Å². The van der Waals surface area contributed by atoms with Gasteiger partial charge in [0.15, 0.2) is 23.1 Å². The quantitative estimate of drug-likeness (QED) is 0.278. The lowest BCUT2D eigenvalue weighted by Gasteiger charge is -2.48. The fraction of sp³-hybridized carbons (Fsp3) is 0.417. The van der Waals surface area contributed by atoms with Gasteiger partial charge in [-0.1, -0.05) is 67.9 Å². The molecule has 0 bridgehead atoms. The molecule has 0 radical (unpaired) electrons. The van der Waals surface area contributed by atoms with Crippen LogP contribution in [0.25, 0.3) is 0 Å². The van der Waals surface area contributed by atoms with Gasteiger partial charge in [0.25, 0.3) is 0 Å². The van der Waals surface area contributed by atoms with Gasteiger partial charge in [-0.3, -0.25) is 14.4 Å². The number of benzene rings is 2. The van der Waals surface area contributed by atoms with E-state index in [-0.39, 0.29) is 28.9 Å². The second-order valence-electron chi connectivity index (χ2n) is 13.6. The van der Waals surface area contributed by atoms with Crippen LogP contribution in [0.15, 0.2) is 76.1 Å². The SMILES string of the molecule is C=CCc1cc(C2C3=C(CC(C)(C)CC3=O)N(CC(=O)O)C3=C2C(=O)CC(C)(C)C3)cc(OC)c1OCc1ccc(Br)cc1. The van der Waals surface area contributed by atoms with Crippen LogP contribution in [-0.2, 0) is 27.4 Å². The molecular weight excluding hydrogens is 622 g/mol. The Labute approximate surface area is 267 Å². The molecule has 1 N–H and O–H groups in total. The fourth-order valence-electron chi connectivity index (χ4n) is 6.92. The van der Waals surface area contributed by atoms with Crippen LogP contribution in [0.3, 0.4) is 0 Å². The summed E-state index contributed by atoms with van der Waals surface area (Å²) in [7, 11) is 1.58. The predicted molar refractivity (Wildman–Crippen MR) is 173 cm³/mol. The Bertz CT molecular complexity index is 1540. The third-order valence-corrected chi connectivity index (χ3v) is 9.21. The monoisotopic (exact) mass is 661 g/mol. The van der Waals surface area contributed by atoms with Crippen molar-refractivity contribution in [3.8, 4) is 11.5 Å². The summed E-state index contributed by atoms with van der Waals surface area (Å²) < 4.78 is 13.2. The summed E-state index contributed by atoms with van der Waals surface area (Å²) in [5.74, 6) is -0.661. The summed E-state index contributed by atoms with van der Waals surface area (Å²) in [6.07, 6.45) is 3.98. The first-order chi connectivity index (χ1) is 20.7. The number of aliphatic carboxylic acids is 1. The fourth-order valence-corrected chi connectivity index (χ4v) is 7.18. The molecule has 0 saturated heterocycles. The maximum absolute atomic E-state index is 14.0. The van der Waals surface area contributed by atoms with Crippen LogP contribution in [0.2, 0.25) is 0 Å². The van der Waals surface area contributed by atoms with Crippen molar-refractivity contribution in [2.24, 2.45) is 10.8 Å². The third kappa shape index (κ3) is 6.27. The largest absolute Gasteiger partial charge is 0.493 e. The van der Waals surface area contributed by atoms with E-state index in [0.717, 1.165) is 21.2 Å². The Morgan fingerprint density at radius 1 is 1.00 bits per heavy atom. The number of carbonyl (C=O) groups is 3. The third-order valence-electron chi connectivity index (χ3n) is 8.68. The minimum absolute atomic E-state index is 0.0550. The number of Topliss-reactive ketones (excluding diaryl/α,β-unsaturated/α-hetero) is 2. The normalized spacial score (nSPS) is 19.5. The number of halogens is 1. The van der Waals surface area contributed by atoms with E-state index >= 15 is 0 Å². The summed E-state index contributed by atoms with van der Waals surface area (Å²) in [4.78, 5) is 42.0. The van der Waals surface area contributed by atoms with Crippen molar-refractivity contribution in [1.82, 2.24) is 4.90 Å². The summed E-state index contributed by atoms with van der Waals surface area (Å²) in [6.45, 7) is 12.1. The maximum atomic E-state index is 14.0. The summed E-state index contributed by atoms with van der Waals surface area (Å²) in [5, 5.41) is 9.96. The van der Waals surface area contributed by atoms with Gasteiger partial charge in [-0.15, -0.1) is 6.58 Å². The lowest BCUT2D eigenvalue weighted by Crippen LogP contribution is -2.45. The number of hydrogen-bond donors (Lipinski definition) is 1. The van der Waals surface area contributed by atoms with Crippen molar-refractivity contribution in [1.29, 1.82) is 0 Å². The Kier molecular flexibility index (Phi) is 8.69. The Morgan fingerprint density at radius 3 is 2.07 bits per heavy atom. The molecule has 2 aromatic rings. The first-order valence-corrected chi connectivity index (χ1v) is 15.7. The molecule has 0 atom stereocenters. The number of ether oxygens (including phenoxy) is 2. The molecule has 1 heterocycles. The van der Waals surface area contributed by atoms with Gasteiger partial charge in [0.05, 0.1) is 7.11 Å². The topological polar surface area (TPSA) is 93.1 Å². The van der Waals surface area contributed by atoms with Crippen LogP contribution in [0.1, 0.15) is 76.0 Å². The molecule has 0 unspecified atom stereocenters. The second kappa shape index (κ2) is 12.0. The lowest BCUT2D eigenvalue weighted by atomic mass is 9.63. The molecule has 0 spiro atoms. The molecule has 3 aliphatic rings. The van der Waals surface area contributed by atoms with Gasteiger partial charge < -0.3 is 19.5 Å². The summed E-state index contributed by atoms with van der Waals surface area (Å²) in [5.41, 5.74) is 4.34. The van der Waals surface area contributed by atoms with Gasteiger partial charge in [-0.25, -0.2) is 0 Å². The first-order valence-electron chi connectivity index (χ1n) is 14.9. The van der Waals surface area contributed by atoms with Gasteiger partial charge in [0.2, 0.25) is 0 Å². The van der Waals surface area contributed by atoms with E-state index in [2.05, 4.69) is 22.5 Å². The molecule has 7 nitrogen and oxygen atoms in total.